The number of nitrogens with zero attached hydrogens (tertiary/aromatic N) is 1. The molecule has 0 atom stereocenters. The van der Waals surface area contributed by atoms with E-state index in [0.717, 1.165) is 53.6 Å². The third kappa shape index (κ3) is 6.17. The summed E-state index contributed by atoms with van der Waals surface area (Å²) in [5.74, 6) is 0.0484. The van der Waals surface area contributed by atoms with E-state index in [1.807, 2.05) is 66.7 Å². The van der Waals surface area contributed by atoms with Crippen LogP contribution in [-0.2, 0) is 32.6 Å². The molecular weight excluding hydrogens is 484 g/mol. The van der Waals surface area contributed by atoms with Crippen molar-refractivity contribution in [2.75, 3.05) is 0 Å². The standard InChI is InChI=1S/C30H30N2O4S/c33-29(32-37(34,35)22-23-8-2-1-3-9-23)20-30(18-6-7-19-30)25-13-16-27(17-14-25)36-21-26-15-12-24-10-4-5-11-28(24)31-26/h1-5,8-17H,6-7,18-22H2,(H,32,33). The van der Waals surface area contributed by atoms with E-state index in [1.165, 1.54) is 0 Å². The number of pyridine rings is 1. The summed E-state index contributed by atoms with van der Waals surface area (Å²) in [7, 11) is -3.76. The quantitative estimate of drug-likeness (QED) is 0.311. The van der Waals surface area contributed by atoms with E-state index in [4.69, 9.17) is 4.74 Å². The van der Waals surface area contributed by atoms with Crippen LogP contribution >= 0.6 is 0 Å². The van der Waals surface area contributed by atoms with Gasteiger partial charge in [-0.2, -0.15) is 0 Å². The van der Waals surface area contributed by atoms with E-state index in [-0.39, 0.29) is 17.6 Å². The van der Waals surface area contributed by atoms with Gasteiger partial charge in [0, 0.05) is 17.2 Å². The van der Waals surface area contributed by atoms with Gasteiger partial charge >= 0.3 is 0 Å². The van der Waals surface area contributed by atoms with Crippen LogP contribution in [0.1, 0.15) is 48.9 Å². The van der Waals surface area contributed by atoms with Crippen LogP contribution in [0.15, 0.2) is 91.0 Å². The second kappa shape index (κ2) is 10.7. The van der Waals surface area contributed by atoms with E-state index in [2.05, 4.69) is 9.71 Å². The van der Waals surface area contributed by atoms with Crippen LogP contribution in [0.4, 0.5) is 0 Å². The molecule has 1 fully saturated rings. The number of amides is 1. The van der Waals surface area contributed by atoms with Gasteiger partial charge in [-0.05, 0) is 48.2 Å². The molecule has 4 aromatic rings. The predicted molar refractivity (Wildman–Crippen MR) is 144 cm³/mol. The second-order valence-electron chi connectivity index (χ2n) is 9.74. The summed E-state index contributed by atoms with van der Waals surface area (Å²) in [6, 6.07) is 28.7. The van der Waals surface area contributed by atoms with Gasteiger partial charge in [-0.15, -0.1) is 0 Å². The molecule has 6 nitrogen and oxygen atoms in total. The summed E-state index contributed by atoms with van der Waals surface area (Å²) in [5, 5.41) is 1.09. The van der Waals surface area contributed by atoms with E-state index in [1.54, 1.807) is 24.3 Å². The highest BCUT2D eigenvalue weighted by Crippen LogP contribution is 2.44. The maximum absolute atomic E-state index is 12.9. The van der Waals surface area contributed by atoms with Gasteiger partial charge in [0.2, 0.25) is 15.9 Å². The Balaban J connectivity index is 1.23. The average Bonchev–Trinajstić information content (AvgIpc) is 3.37. The molecule has 0 saturated heterocycles. The lowest BCUT2D eigenvalue weighted by molar-refractivity contribution is -0.120. The Bertz CT molecular complexity index is 1480. The molecule has 0 radical (unpaired) electrons. The minimum absolute atomic E-state index is 0.141. The first-order valence-electron chi connectivity index (χ1n) is 12.6. The van der Waals surface area contributed by atoms with E-state index >= 15 is 0 Å². The molecule has 0 bridgehead atoms. The Morgan fingerprint density at radius 3 is 2.32 bits per heavy atom. The fraction of sp³-hybridized carbons (Fsp3) is 0.267. The van der Waals surface area contributed by atoms with Gasteiger partial charge in [0.25, 0.3) is 0 Å². The SMILES string of the molecule is O=C(CC1(c2ccc(OCc3ccc4ccccc4n3)cc2)CCCC1)NS(=O)(=O)Cc1ccccc1. The van der Waals surface area contributed by atoms with Gasteiger partial charge in [-0.25, -0.2) is 13.4 Å². The molecule has 1 aliphatic carbocycles. The molecule has 0 spiro atoms. The van der Waals surface area contributed by atoms with Crippen molar-refractivity contribution in [1.82, 2.24) is 9.71 Å². The van der Waals surface area contributed by atoms with Crippen LogP contribution < -0.4 is 9.46 Å². The molecule has 1 aromatic heterocycles. The smallest absolute Gasteiger partial charge is 0.239 e. The number of hydrogen-bond acceptors (Lipinski definition) is 5. The molecule has 7 heteroatoms. The van der Waals surface area contributed by atoms with Gasteiger partial charge < -0.3 is 4.74 Å². The molecule has 1 aliphatic rings. The lowest BCUT2D eigenvalue weighted by Gasteiger charge is -2.29. The van der Waals surface area contributed by atoms with Crippen molar-refractivity contribution in [2.45, 2.75) is 49.9 Å². The van der Waals surface area contributed by atoms with E-state index in [0.29, 0.717) is 12.2 Å². The van der Waals surface area contributed by atoms with Crippen molar-refractivity contribution in [3.05, 3.63) is 108 Å². The number of aromatic nitrogens is 1. The molecule has 190 valence electrons. The summed E-state index contributed by atoms with van der Waals surface area (Å²) in [6.07, 6.45) is 3.86. The molecule has 5 rings (SSSR count). The third-order valence-electron chi connectivity index (χ3n) is 7.04. The van der Waals surface area contributed by atoms with Crippen LogP contribution in [0.5, 0.6) is 5.75 Å². The number of sulfonamides is 1. The van der Waals surface area contributed by atoms with Crippen LogP contribution in [0.2, 0.25) is 0 Å². The Labute approximate surface area is 217 Å². The number of nitrogens with one attached hydrogen (secondary N) is 1. The highest BCUT2D eigenvalue weighted by atomic mass is 32.2. The van der Waals surface area contributed by atoms with Crippen molar-refractivity contribution < 1.29 is 17.9 Å². The van der Waals surface area contributed by atoms with Crippen LogP contribution in [0.25, 0.3) is 10.9 Å². The number of para-hydroxylation sites is 1. The molecular formula is C30H30N2O4S. The summed E-state index contributed by atoms with van der Waals surface area (Å²) >= 11 is 0. The largest absolute Gasteiger partial charge is 0.487 e. The second-order valence-corrected chi connectivity index (χ2v) is 11.5. The number of carbonyl (C=O) groups is 1. The number of carbonyl (C=O) groups excluding carboxylic acids is 1. The number of benzene rings is 3. The third-order valence-corrected chi connectivity index (χ3v) is 8.29. The molecule has 0 unspecified atom stereocenters. The molecule has 3 aromatic carbocycles. The monoisotopic (exact) mass is 514 g/mol. The van der Waals surface area contributed by atoms with Crippen LogP contribution in [0, 0.1) is 0 Å². The maximum atomic E-state index is 12.9. The van der Waals surface area contributed by atoms with Crippen molar-refractivity contribution >= 4 is 26.8 Å². The van der Waals surface area contributed by atoms with E-state index < -0.39 is 15.9 Å². The lowest BCUT2D eigenvalue weighted by atomic mass is 9.76. The normalized spacial score (nSPS) is 14.9. The van der Waals surface area contributed by atoms with Crippen molar-refractivity contribution in [2.24, 2.45) is 0 Å². The first kappa shape index (κ1) is 25.0. The van der Waals surface area contributed by atoms with Crippen molar-refractivity contribution in [1.29, 1.82) is 0 Å². The number of ether oxygens (including phenoxy) is 1. The Kier molecular flexibility index (Phi) is 7.24. The van der Waals surface area contributed by atoms with Gasteiger partial charge in [0.15, 0.2) is 0 Å². The Hall–Kier alpha value is -3.71. The van der Waals surface area contributed by atoms with Gasteiger partial charge in [-0.1, -0.05) is 79.6 Å². The van der Waals surface area contributed by atoms with Gasteiger partial charge in [0.05, 0.1) is 17.0 Å². The lowest BCUT2D eigenvalue weighted by Crippen LogP contribution is -2.37. The van der Waals surface area contributed by atoms with Crippen molar-refractivity contribution in [3.8, 4) is 5.75 Å². The zero-order chi connectivity index (χ0) is 25.7. The van der Waals surface area contributed by atoms with Gasteiger partial charge in [0.1, 0.15) is 12.4 Å². The number of fused-ring (bicyclic) bond motifs is 1. The first-order valence-corrected chi connectivity index (χ1v) is 14.2. The highest BCUT2D eigenvalue weighted by Gasteiger charge is 2.38. The summed E-state index contributed by atoms with van der Waals surface area (Å²) in [5.41, 5.74) is 3.10. The minimum Gasteiger partial charge on any atom is -0.487 e. The summed E-state index contributed by atoms with van der Waals surface area (Å²) in [4.78, 5) is 17.5. The molecule has 37 heavy (non-hydrogen) atoms. The maximum Gasteiger partial charge on any atom is 0.239 e. The number of rotatable bonds is 9. The zero-order valence-corrected chi connectivity index (χ0v) is 21.4. The predicted octanol–water partition coefficient (Wildman–Crippen LogP) is 5.66. The molecule has 1 N–H and O–H groups in total. The van der Waals surface area contributed by atoms with Crippen molar-refractivity contribution in [3.63, 3.8) is 0 Å². The minimum atomic E-state index is -3.76. The van der Waals surface area contributed by atoms with Crippen LogP contribution in [-0.4, -0.2) is 19.3 Å². The van der Waals surface area contributed by atoms with E-state index in [9.17, 15) is 13.2 Å². The molecule has 1 amide bonds. The number of hydrogen-bond donors (Lipinski definition) is 1. The zero-order valence-electron chi connectivity index (χ0n) is 20.6. The summed E-state index contributed by atoms with van der Waals surface area (Å²) in [6.45, 7) is 0.358. The molecule has 1 heterocycles. The van der Waals surface area contributed by atoms with Crippen LogP contribution in [0.3, 0.4) is 0 Å². The highest BCUT2D eigenvalue weighted by molar-refractivity contribution is 7.89. The topological polar surface area (TPSA) is 85.4 Å². The molecule has 1 saturated carbocycles. The first-order chi connectivity index (χ1) is 17.9. The Morgan fingerprint density at radius 1 is 0.865 bits per heavy atom. The Morgan fingerprint density at radius 2 is 1.57 bits per heavy atom. The van der Waals surface area contributed by atoms with Gasteiger partial charge in [-0.3, -0.25) is 9.52 Å². The fourth-order valence-electron chi connectivity index (χ4n) is 5.22. The average molecular weight is 515 g/mol. The fourth-order valence-corrected chi connectivity index (χ4v) is 6.34. The summed E-state index contributed by atoms with van der Waals surface area (Å²) < 4.78 is 33.4. The molecule has 0 aliphatic heterocycles.